The van der Waals surface area contributed by atoms with Gasteiger partial charge in [0.1, 0.15) is 0 Å². The summed E-state index contributed by atoms with van der Waals surface area (Å²) < 4.78 is 30.6. The first-order valence-corrected chi connectivity index (χ1v) is 6.79. The zero-order valence-corrected chi connectivity index (χ0v) is 11.5. The topological polar surface area (TPSA) is 98.5 Å². The highest BCUT2D eigenvalue weighted by molar-refractivity contribution is 7.89. The standard InChI is InChI=1S/C10H11ClN2O5S/c1-7(11)6-12-19(16,17)8-3-4-10(18-2)9(5-8)13(14)15/h3-5,12H,1,6H2,2H3. The predicted octanol–water partition coefficient (Wildman–Crippen LogP) is 1.63. The van der Waals surface area contributed by atoms with Crippen molar-refractivity contribution in [2.45, 2.75) is 4.90 Å². The minimum absolute atomic E-state index is 0.0225. The molecule has 0 radical (unpaired) electrons. The van der Waals surface area contributed by atoms with E-state index in [1.807, 2.05) is 0 Å². The zero-order valence-electron chi connectivity index (χ0n) is 9.92. The fourth-order valence-electron chi connectivity index (χ4n) is 1.24. The van der Waals surface area contributed by atoms with Gasteiger partial charge >= 0.3 is 5.69 Å². The molecule has 0 aliphatic carbocycles. The minimum Gasteiger partial charge on any atom is -0.490 e. The number of hydrogen-bond acceptors (Lipinski definition) is 5. The number of hydrogen-bond donors (Lipinski definition) is 1. The summed E-state index contributed by atoms with van der Waals surface area (Å²) in [5, 5.41) is 10.9. The summed E-state index contributed by atoms with van der Waals surface area (Å²) in [4.78, 5) is 9.83. The van der Waals surface area contributed by atoms with Crippen molar-refractivity contribution in [3.05, 3.63) is 39.9 Å². The number of benzene rings is 1. The van der Waals surface area contributed by atoms with Gasteiger partial charge in [0, 0.05) is 17.6 Å². The van der Waals surface area contributed by atoms with Crippen molar-refractivity contribution in [1.29, 1.82) is 0 Å². The predicted molar refractivity (Wildman–Crippen MR) is 69.8 cm³/mol. The van der Waals surface area contributed by atoms with E-state index >= 15 is 0 Å². The van der Waals surface area contributed by atoms with Crippen LogP contribution in [0, 0.1) is 10.1 Å². The van der Waals surface area contributed by atoms with E-state index in [2.05, 4.69) is 11.3 Å². The van der Waals surface area contributed by atoms with Crippen LogP contribution in [0.3, 0.4) is 0 Å². The van der Waals surface area contributed by atoms with Gasteiger partial charge in [0.05, 0.1) is 16.9 Å². The fraction of sp³-hybridized carbons (Fsp3) is 0.200. The van der Waals surface area contributed by atoms with Gasteiger partial charge in [-0.25, -0.2) is 13.1 Å². The molecule has 1 aromatic rings. The van der Waals surface area contributed by atoms with E-state index in [1.165, 1.54) is 19.2 Å². The quantitative estimate of drug-likeness (QED) is 0.636. The van der Waals surface area contributed by atoms with E-state index < -0.39 is 20.6 Å². The Morgan fingerprint density at radius 1 is 1.58 bits per heavy atom. The van der Waals surface area contributed by atoms with Crippen LogP contribution in [0.5, 0.6) is 5.75 Å². The molecule has 0 heterocycles. The number of nitro benzene ring substituents is 1. The summed E-state index contributed by atoms with van der Waals surface area (Å²) in [5.41, 5.74) is -0.435. The highest BCUT2D eigenvalue weighted by atomic mass is 35.5. The van der Waals surface area contributed by atoms with E-state index in [9.17, 15) is 18.5 Å². The fourth-order valence-corrected chi connectivity index (χ4v) is 2.43. The molecule has 0 saturated carbocycles. The van der Waals surface area contributed by atoms with Crippen molar-refractivity contribution in [3.8, 4) is 5.75 Å². The van der Waals surface area contributed by atoms with E-state index in [4.69, 9.17) is 16.3 Å². The van der Waals surface area contributed by atoms with Crippen molar-refractivity contribution in [2.24, 2.45) is 0 Å². The van der Waals surface area contributed by atoms with Gasteiger partial charge in [-0.05, 0) is 12.1 Å². The smallest absolute Gasteiger partial charge is 0.312 e. The van der Waals surface area contributed by atoms with E-state index in [-0.39, 0.29) is 22.2 Å². The number of nitro groups is 1. The number of ether oxygens (including phenoxy) is 1. The van der Waals surface area contributed by atoms with Gasteiger partial charge in [0.2, 0.25) is 10.0 Å². The number of methoxy groups -OCH3 is 1. The summed E-state index contributed by atoms with van der Waals surface area (Å²) in [6.07, 6.45) is 0. The van der Waals surface area contributed by atoms with Gasteiger partial charge in [0.15, 0.2) is 5.75 Å². The second-order valence-corrected chi connectivity index (χ2v) is 5.73. The van der Waals surface area contributed by atoms with Gasteiger partial charge in [-0.1, -0.05) is 18.2 Å². The normalized spacial score (nSPS) is 11.1. The highest BCUT2D eigenvalue weighted by Crippen LogP contribution is 2.29. The second-order valence-electron chi connectivity index (χ2n) is 3.43. The highest BCUT2D eigenvalue weighted by Gasteiger charge is 2.21. The lowest BCUT2D eigenvalue weighted by atomic mass is 10.3. The van der Waals surface area contributed by atoms with E-state index in [0.29, 0.717) is 0 Å². The molecule has 0 aliphatic heterocycles. The SMILES string of the molecule is C=C(Cl)CNS(=O)(=O)c1ccc(OC)c([N+](=O)[O-])c1. The molecule has 0 spiro atoms. The van der Waals surface area contributed by atoms with Gasteiger partial charge < -0.3 is 4.74 Å². The maximum Gasteiger partial charge on any atom is 0.312 e. The molecule has 19 heavy (non-hydrogen) atoms. The van der Waals surface area contributed by atoms with Crippen molar-refractivity contribution in [3.63, 3.8) is 0 Å². The average Bonchev–Trinajstić information content (AvgIpc) is 2.35. The largest absolute Gasteiger partial charge is 0.490 e. The molecule has 9 heteroatoms. The Morgan fingerprint density at radius 2 is 2.21 bits per heavy atom. The molecule has 0 aromatic heterocycles. The van der Waals surface area contributed by atoms with E-state index in [1.54, 1.807) is 0 Å². The first-order valence-electron chi connectivity index (χ1n) is 4.93. The van der Waals surface area contributed by atoms with Gasteiger partial charge in [-0.15, -0.1) is 0 Å². The summed E-state index contributed by atoms with van der Waals surface area (Å²) in [6.45, 7) is 3.17. The lowest BCUT2D eigenvalue weighted by molar-refractivity contribution is -0.386. The van der Waals surface area contributed by atoms with Crippen LogP contribution in [-0.2, 0) is 10.0 Å². The third-order valence-electron chi connectivity index (χ3n) is 2.11. The molecule has 0 amide bonds. The molecule has 0 bridgehead atoms. The molecule has 0 atom stereocenters. The Hall–Kier alpha value is -1.64. The van der Waals surface area contributed by atoms with Crippen molar-refractivity contribution >= 4 is 27.3 Å². The van der Waals surface area contributed by atoms with Crippen LogP contribution < -0.4 is 9.46 Å². The molecule has 1 aromatic carbocycles. The van der Waals surface area contributed by atoms with Crippen molar-refractivity contribution in [1.82, 2.24) is 4.72 Å². The van der Waals surface area contributed by atoms with Crippen LogP contribution in [0.2, 0.25) is 0 Å². The Bertz CT molecular complexity index is 614. The van der Waals surface area contributed by atoms with Crippen LogP contribution in [0.25, 0.3) is 0 Å². The number of nitrogens with zero attached hydrogens (tertiary/aromatic N) is 1. The van der Waals surface area contributed by atoms with Crippen LogP contribution in [-0.4, -0.2) is 27.0 Å². The summed E-state index contributed by atoms with van der Waals surface area (Å²) in [7, 11) is -2.64. The zero-order chi connectivity index (χ0) is 14.6. The Labute approximate surface area is 115 Å². The maximum atomic E-state index is 11.8. The molecule has 104 valence electrons. The van der Waals surface area contributed by atoms with Gasteiger partial charge in [-0.2, -0.15) is 0 Å². The van der Waals surface area contributed by atoms with Crippen LogP contribution in [0.15, 0.2) is 34.7 Å². The summed E-state index contributed by atoms with van der Waals surface area (Å²) in [5.74, 6) is -0.0225. The van der Waals surface area contributed by atoms with Crippen molar-refractivity contribution < 1.29 is 18.1 Å². The summed E-state index contributed by atoms with van der Waals surface area (Å²) >= 11 is 5.45. The summed E-state index contributed by atoms with van der Waals surface area (Å²) in [6, 6.07) is 3.32. The molecule has 0 fully saturated rings. The average molecular weight is 307 g/mol. The molecule has 7 nitrogen and oxygen atoms in total. The molecular formula is C10H11ClN2O5S. The Morgan fingerprint density at radius 3 is 2.68 bits per heavy atom. The molecule has 1 N–H and O–H groups in total. The molecule has 0 unspecified atom stereocenters. The Balaban J connectivity index is 3.18. The van der Waals surface area contributed by atoms with Gasteiger partial charge in [-0.3, -0.25) is 10.1 Å². The number of halogens is 1. The van der Waals surface area contributed by atoms with Crippen LogP contribution in [0.1, 0.15) is 0 Å². The third-order valence-corrected chi connectivity index (χ3v) is 3.64. The van der Waals surface area contributed by atoms with Crippen molar-refractivity contribution in [2.75, 3.05) is 13.7 Å². The first-order chi connectivity index (χ1) is 8.77. The molecule has 1 rings (SSSR count). The molecule has 0 saturated heterocycles. The lowest BCUT2D eigenvalue weighted by Gasteiger charge is -2.07. The maximum absolute atomic E-state index is 11.8. The number of rotatable bonds is 6. The van der Waals surface area contributed by atoms with Crippen LogP contribution in [0.4, 0.5) is 5.69 Å². The van der Waals surface area contributed by atoms with E-state index in [0.717, 1.165) is 6.07 Å². The minimum atomic E-state index is -3.89. The third kappa shape index (κ3) is 3.91. The number of nitrogens with one attached hydrogen (secondary N) is 1. The van der Waals surface area contributed by atoms with Crippen LogP contribution >= 0.6 is 11.6 Å². The van der Waals surface area contributed by atoms with Gasteiger partial charge in [0.25, 0.3) is 0 Å². The molecular weight excluding hydrogens is 296 g/mol. The number of sulfonamides is 1. The first kappa shape index (κ1) is 15.4. The Kier molecular flexibility index (Phi) is 4.87. The molecule has 0 aliphatic rings. The lowest BCUT2D eigenvalue weighted by Crippen LogP contribution is -2.24. The monoisotopic (exact) mass is 306 g/mol. The second kappa shape index (κ2) is 6.00.